The third-order valence-corrected chi connectivity index (χ3v) is 4.59. The highest BCUT2D eigenvalue weighted by Crippen LogP contribution is 2.32. The van der Waals surface area contributed by atoms with Gasteiger partial charge in [-0.05, 0) is 48.0 Å². The molecule has 1 N–H and O–H groups in total. The second kappa shape index (κ2) is 9.84. The average molecular weight is 453 g/mol. The van der Waals surface area contributed by atoms with E-state index in [0.29, 0.717) is 39.1 Å². The Morgan fingerprint density at radius 1 is 1.03 bits per heavy atom. The number of para-hydroxylation sites is 1. The van der Waals surface area contributed by atoms with Crippen molar-refractivity contribution in [3.8, 4) is 23.0 Å². The minimum absolute atomic E-state index is 0.123. The number of carbonyl (C=O) groups is 2. The summed E-state index contributed by atoms with van der Waals surface area (Å²) in [6.45, 7) is -0.119. The molecule has 1 aliphatic rings. The third-order valence-electron chi connectivity index (χ3n) is 4.28. The van der Waals surface area contributed by atoms with E-state index < -0.39 is 11.9 Å². The maximum Gasteiger partial charge on any atom is 0.343 e. The van der Waals surface area contributed by atoms with Crippen molar-refractivity contribution in [2.75, 3.05) is 13.4 Å². The number of nitrogens with zero attached hydrogens (tertiary/aromatic N) is 1. The van der Waals surface area contributed by atoms with Gasteiger partial charge in [-0.1, -0.05) is 35.9 Å². The van der Waals surface area contributed by atoms with Crippen molar-refractivity contribution in [1.82, 2.24) is 5.43 Å². The predicted molar refractivity (Wildman–Crippen MR) is 117 cm³/mol. The highest BCUT2D eigenvalue weighted by molar-refractivity contribution is 6.32. The van der Waals surface area contributed by atoms with E-state index >= 15 is 0 Å². The van der Waals surface area contributed by atoms with Crippen molar-refractivity contribution in [3.05, 3.63) is 82.9 Å². The van der Waals surface area contributed by atoms with Crippen LogP contribution in [0.4, 0.5) is 0 Å². The zero-order chi connectivity index (χ0) is 22.3. The third kappa shape index (κ3) is 5.35. The van der Waals surface area contributed by atoms with Crippen LogP contribution < -0.4 is 24.4 Å². The molecule has 4 rings (SSSR count). The van der Waals surface area contributed by atoms with Gasteiger partial charge in [-0.15, -0.1) is 0 Å². The summed E-state index contributed by atoms with van der Waals surface area (Å²) in [6, 6.07) is 18.4. The smallest absolute Gasteiger partial charge is 0.343 e. The van der Waals surface area contributed by atoms with E-state index in [9.17, 15) is 9.59 Å². The average Bonchev–Trinajstić information content (AvgIpc) is 3.27. The summed E-state index contributed by atoms with van der Waals surface area (Å²) in [5, 5.41) is 4.30. The lowest BCUT2D eigenvalue weighted by molar-refractivity contribution is -0.123. The molecule has 0 spiro atoms. The molecule has 32 heavy (non-hydrogen) atoms. The molecule has 0 saturated carbocycles. The van der Waals surface area contributed by atoms with Gasteiger partial charge >= 0.3 is 5.97 Å². The van der Waals surface area contributed by atoms with Crippen LogP contribution in [-0.2, 0) is 4.79 Å². The number of rotatable bonds is 7. The van der Waals surface area contributed by atoms with E-state index in [1.807, 2.05) is 0 Å². The Hall–Kier alpha value is -4.04. The fraction of sp³-hybridized carbons (Fsp3) is 0.0870. The predicted octanol–water partition coefficient (Wildman–Crippen LogP) is 3.82. The van der Waals surface area contributed by atoms with Gasteiger partial charge in [-0.3, -0.25) is 4.79 Å². The van der Waals surface area contributed by atoms with Gasteiger partial charge in [0.05, 0.1) is 16.8 Å². The second-order valence-electron chi connectivity index (χ2n) is 6.54. The SMILES string of the molecule is O=C(COc1ccccc1Cl)N/N=C/c1cccc(OC(=O)c2ccc3c(c2)OCO3)c1. The Balaban J connectivity index is 1.30. The van der Waals surface area contributed by atoms with E-state index in [1.54, 1.807) is 66.7 Å². The summed E-state index contributed by atoms with van der Waals surface area (Å²) < 4.78 is 21.3. The van der Waals surface area contributed by atoms with Gasteiger partial charge in [-0.25, -0.2) is 10.2 Å². The maximum atomic E-state index is 12.4. The van der Waals surface area contributed by atoms with Crippen molar-refractivity contribution >= 4 is 29.7 Å². The van der Waals surface area contributed by atoms with Gasteiger partial charge in [0.25, 0.3) is 5.91 Å². The molecule has 0 aliphatic carbocycles. The van der Waals surface area contributed by atoms with Gasteiger partial charge in [0, 0.05) is 0 Å². The van der Waals surface area contributed by atoms with Crippen LogP contribution >= 0.6 is 11.6 Å². The van der Waals surface area contributed by atoms with E-state index in [1.165, 1.54) is 6.21 Å². The van der Waals surface area contributed by atoms with Crippen LogP contribution in [0.5, 0.6) is 23.0 Å². The van der Waals surface area contributed by atoms with Crippen molar-refractivity contribution in [2.45, 2.75) is 0 Å². The molecule has 0 bridgehead atoms. The monoisotopic (exact) mass is 452 g/mol. The number of nitrogens with one attached hydrogen (secondary N) is 1. The molecule has 162 valence electrons. The van der Waals surface area contributed by atoms with Crippen LogP contribution in [0, 0.1) is 0 Å². The summed E-state index contributed by atoms with van der Waals surface area (Å²) in [6.07, 6.45) is 1.42. The van der Waals surface area contributed by atoms with Crippen LogP contribution in [-0.4, -0.2) is 31.5 Å². The molecule has 9 heteroatoms. The molecule has 1 amide bonds. The molecule has 0 saturated heterocycles. The number of ether oxygens (including phenoxy) is 4. The number of hydrogen-bond acceptors (Lipinski definition) is 7. The summed E-state index contributed by atoms with van der Waals surface area (Å²) in [7, 11) is 0. The van der Waals surface area contributed by atoms with Crippen LogP contribution in [0.3, 0.4) is 0 Å². The molecule has 0 aromatic heterocycles. The highest BCUT2D eigenvalue weighted by atomic mass is 35.5. The minimum Gasteiger partial charge on any atom is -0.482 e. The van der Waals surface area contributed by atoms with E-state index in [4.69, 9.17) is 30.5 Å². The zero-order valence-corrected chi connectivity index (χ0v) is 17.4. The maximum absolute atomic E-state index is 12.4. The molecule has 0 radical (unpaired) electrons. The lowest BCUT2D eigenvalue weighted by Gasteiger charge is -2.07. The fourth-order valence-electron chi connectivity index (χ4n) is 2.76. The number of hydrogen-bond donors (Lipinski definition) is 1. The number of hydrazone groups is 1. The van der Waals surface area contributed by atoms with Crippen LogP contribution in [0.25, 0.3) is 0 Å². The number of fused-ring (bicyclic) bond motifs is 1. The number of amides is 1. The van der Waals surface area contributed by atoms with Gasteiger partial charge < -0.3 is 18.9 Å². The van der Waals surface area contributed by atoms with E-state index in [0.717, 1.165) is 0 Å². The second-order valence-corrected chi connectivity index (χ2v) is 6.95. The van der Waals surface area contributed by atoms with Crippen molar-refractivity contribution in [2.24, 2.45) is 5.10 Å². The van der Waals surface area contributed by atoms with Crippen LogP contribution in [0.15, 0.2) is 71.8 Å². The van der Waals surface area contributed by atoms with Crippen LogP contribution in [0.1, 0.15) is 15.9 Å². The van der Waals surface area contributed by atoms with Crippen LogP contribution in [0.2, 0.25) is 5.02 Å². The van der Waals surface area contributed by atoms with Gasteiger partial charge in [0.1, 0.15) is 11.5 Å². The molecule has 0 unspecified atom stereocenters. The van der Waals surface area contributed by atoms with Gasteiger partial charge in [-0.2, -0.15) is 5.10 Å². The lowest BCUT2D eigenvalue weighted by Crippen LogP contribution is -2.24. The van der Waals surface area contributed by atoms with Gasteiger partial charge in [0.15, 0.2) is 18.1 Å². The molecule has 8 nitrogen and oxygen atoms in total. The summed E-state index contributed by atoms with van der Waals surface area (Å²) in [5.74, 6) is 0.818. The largest absolute Gasteiger partial charge is 0.482 e. The van der Waals surface area contributed by atoms with Gasteiger partial charge in [0.2, 0.25) is 6.79 Å². The van der Waals surface area contributed by atoms with E-state index in [2.05, 4.69) is 10.5 Å². The number of carbonyl (C=O) groups excluding carboxylic acids is 2. The Morgan fingerprint density at radius 3 is 2.75 bits per heavy atom. The molecule has 3 aromatic carbocycles. The molecular weight excluding hydrogens is 436 g/mol. The Morgan fingerprint density at radius 2 is 1.88 bits per heavy atom. The Labute approximate surface area is 188 Å². The van der Waals surface area contributed by atoms with Crippen molar-refractivity contribution < 1.29 is 28.5 Å². The first-order valence-electron chi connectivity index (χ1n) is 9.49. The van der Waals surface area contributed by atoms with Crippen molar-refractivity contribution in [3.63, 3.8) is 0 Å². The fourth-order valence-corrected chi connectivity index (χ4v) is 2.95. The molecule has 1 aliphatic heterocycles. The normalized spacial score (nSPS) is 11.9. The molecule has 0 fully saturated rings. The zero-order valence-electron chi connectivity index (χ0n) is 16.6. The highest BCUT2D eigenvalue weighted by Gasteiger charge is 2.17. The molecule has 3 aromatic rings. The first-order chi connectivity index (χ1) is 15.6. The first kappa shape index (κ1) is 21.2. The van der Waals surface area contributed by atoms with E-state index in [-0.39, 0.29) is 13.4 Å². The minimum atomic E-state index is -0.539. The summed E-state index contributed by atoms with van der Waals surface area (Å²) >= 11 is 5.97. The van der Waals surface area contributed by atoms with Crippen molar-refractivity contribution in [1.29, 1.82) is 0 Å². The standard InChI is InChI=1S/C23H17ClN2O6/c24-18-6-1-2-7-19(18)29-13-22(27)26-25-12-15-4-3-5-17(10-15)32-23(28)16-8-9-20-21(11-16)31-14-30-20/h1-12H,13-14H2,(H,26,27)/b25-12+. The molecular formula is C23H17ClN2O6. The summed E-state index contributed by atoms with van der Waals surface area (Å²) in [4.78, 5) is 24.3. The quantitative estimate of drug-likeness (QED) is 0.253. The Bertz CT molecular complexity index is 1180. The molecule has 1 heterocycles. The topological polar surface area (TPSA) is 95.5 Å². The number of halogens is 1. The number of esters is 1. The first-order valence-corrected chi connectivity index (χ1v) is 9.87. The lowest BCUT2D eigenvalue weighted by atomic mass is 10.2. The molecule has 0 atom stereocenters. The Kier molecular flexibility index (Phi) is 6.52. The number of benzene rings is 3. The summed E-state index contributed by atoms with van der Waals surface area (Å²) in [5.41, 5.74) is 3.31.